The Hall–Kier alpha value is -3.88. The first-order valence-corrected chi connectivity index (χ1v) is 11.3. The maximum Gasteiger partial charge on any atom is 0.407 e. The van der Waals surface area contributed by atoms with Gasteiger partial charge in [-0.3, -0.25) is 9.59 Å². The number of hydrogen-bond donors (Lipinski definition) is 3. The summed E-state index contributed by atoms with van der Waals surface area (Å²) in [5.74, 6) is -2.69. The summed E-state index contributed by atoms with van der Waals surface area (Å²) in [7, 11) is 1.14. The van der Waals surface area contributed by atoms with Crippen molar-refractivity contribution in [1.29, 1.82) is 0 Å². The van der Waals surface area contributed by atoms with E-state index in [-0.39, 0.29) is 25.4 Å². The van der Waals surface area contributed by atoms with Gasteiger partial charge in [0.1, 0.15) is 12.6 Å². The van der Waals surface area contributed by atoms with E-state index in [1.54, 1.807) is 13.8 Å². The molecule has 2 aromatic rings. The third-order valence-electron chi connectivity index (χ3n) is 5.99. The van der Waals surface area contributed by atoms with E-state index in [1.807, 2.05) is 36.4 Å². The molecular weight excluding hydrogens is 452 g/mol. The first-order chi connectivity index (χ1) is 16.6. The topological polar surface area (TPSA) is 131 Å². The minimum absolute atomic E-state index is 0.0540. The molecular formula is C26H30N2O7. The smallest absolute Gasteiger partial charge is 0.407 e. The van der Waals surface area contributed by atoms with Crippen LogP contribution in [0.25, 0.3) is 11.1 Å². The van der Waals surface area contributed by atoms with Crippen LogP contribution >= 0.6 is 0 Å². The Bertz CT molecular complexity index is 1070. The van der Waals surface area contributed by atoms with E-state index in [1.165, 1.54) is 0 Å². The lowest BCUT2D eigenvalue weighted by molar-refractivity contribution is -0.148. The average Bonchev–Trinajstić information content (AvgIpc) is 3.14. The number of carboxylic acid groups (broad SMARTS) is 1. The number of fused-ring (bicyclic) bond motifs is 3. The molecule has 9 nitrogen and oxygen atoms in total. The van der Waals surface area contributed by atoms with Crippen molar-refractivity contribution in [2.45, 2.75) is 50.6 Å². The maximum absolute atomic E-state index is 12.5. The van der Waals surface area contributed by atoms with Crippen LogP contribution in [-0.2, 0) is 23.9 Å². The molecule has 0 fully saturated rings. The molecule has 0 heterocycles. The Morgan fingerprint density at radius 2 is 1.57 bits per heavy atom. The van der Waals surface area contributed by atoms with Crippen molar-refractivity contribution in [2.24, 2.45) is 0 Å². The number of benzene rings is 2. The van der Waals surface area contributed by atoms with Crippen molar-refractivity contribution < 1.29 is 33.8 Å². The highest BCUT2D eigenvalue weighted by Gasteiger charge is 2.30. The van der Waals surface area contributed by atoms with Gasteiger partial charge in [0.15, 0.2) is 0 Å². The SMILES string of the molecule is COC(=O)C[C@@H](NC(=O)CCC(C)(C)NC(=O)OCC1c2ccccc2-c2ccccc21)C(=O)O. The predicted octanol–water partition coefficient (Wildman–Crippen LogP) is 3.22. The Morgan fingerprint density at radius 1 is 1.00 bits per heavy atom. The molecule has 1 aliphatic carbocycles. The van der Waals surface area contributed by atoms with Gasteiger partial charge in [-0.15, -0.1) is 0 Å². The van der Waals surface area contributed by atoms with Crippen LogP contribution in [-0.4, -0.2) is 54.3 Å². The molecule has 0 saturated carbocycles. The van der Waals surface area contributed by atoms with E-state index < -0.39 is 41.9 Å². The largest absolute Gasteiger partial charge is 0.480 e. The molecule has 1 atom stereocenters. The molecule has 2 aromatic carbocycles. The van der Waals surface area contributed by atoms with Crippen LogP contribution in [0.1, 0.15) is 50.2 Å². The summed E-state index contributed by atoms with van der Waals surface area (Å²) in [5, 5.41) is 14.3. The minimum atomic E-state index is -1.38. The van der Waals surface area contributed by atoms with Gasteiger partial charge >= 0.3 is 18.0 Å². The molecule has 35 heavy (non-hydrogen) atoms. The minimum Gasteiger partial charge on any atom is -0.480 e. The Kier molecular flexibility index (Phi) is 8.11. The third kappa shape index (κ3) is 6.59. The maximum atomic E-state index is 12.5. The molecule has 0 saturated heterocycles. The Balaban J connectivity index is 1.51. The summed E-state index contributed by atoms with van der Waals surface area (Å²) in [5.41, 5.74) is 3.70. The number of esters is 1. The molecule has 186 valence electrons. The van der Waals surface area contributed by atoms with Crippen molar-refractivity contribution in [3.8, 4) is 11.1 Å². The Labute approximate surface area is 203 Å². The lowest BCUT2D eigenvalue weighted by atomic mass is 9.98. The number of aliphatic carboxylic acids is 1. The van der Waals surface area contributed by atoms with Crippen molar-refractivity contribution >= 4 is 23.9 Å². The normalized spacial score (nSPS) is 13.2. The monoisotopic (exact) mass is 482 g/mol. The highest BCUT2D eigenvalue weighted by molar-refractivity contribution is 5.87. The first-order valence-electron chi connectivity index (χ1n) is 11.3. The zero-order valence-electron chi connectivity index (χ0n) is 20.0. The molecule has 0 radical (unpaired) electrons. The van der Waals surface area contributed by atoms with E-state index >= 15 is 0 Å². The van der Waals surface area contributed by atoms with Gasteiger partial charge in [0.25, 0.3) is 0 Å². The second kappa shape index (κ2) is 11.0. The lowest BCUT2D eigenvalue weighted by Gasteiger charge is -2.26. The van der Waals surface area contributed by atoms with E-state index in [2.05, 4.69) is 27.5 Å². The molecule has 3 rings (SSSR count). The van der Waals surface area contributed by atoms with Crippen LogP contribution in [0.4, 0.5) is 4.79 Å². The number of amides is 2. The predicted molar refractivity (Wildman–Crippen MR) is 128 cm³/mol. The second-order valence-electron chi connectivity index (χ2n) is 9.07. The van der Waals surface area contributed by atoms with Crippen molar-refractivity contribution in [3.05, 3.63) is 59.7 Å². The number of carboxylic acids is 1. The van der Waals surface area contributed by atoms with Crippen LogP contribution in [0.5, 0.6) is 0 Å². The average molecular weight is 483 g/mol. The highest BCUT2D eigenvalue weighted by atomic mass is 16.5. The number of nitrogens with one attached hydrogen (secondary N) is 2. The standard InChI is InChI=1S/C26H30N2O7/c1-26(2,13-12-22(29)27-21(24(31)32)14-23(30)34-3)28-25(33)35-15-20-18-10-6-4-8-16(18)17-9-5-7-11-19(17)20/h4-11,20-21H,12-15H2,1-3H3,(H,27,29)(H,28,33)(H,31,32)/t21-/m1/s1. The number of methoxy groups -OCH3 is 1. The summed E-state index contributed by atoms with van der Waals surface area (Å²) >= 11 is 0. The van der Waals surface area contributed by atoms with E-state index in [0.717, 1.165) is 29.4 Å². The number of rotatable bonds is 10. The summed E-state index contributed by atoms with van der Waals surface area (Å²) in [6, 6.07) is 14.7. The van der Waals surface area contributed by atoms with Crippen LogP contribution in [0.2, 0.25) is 0 Å². The molecule has 3 N–H and O–H groups in total. The van der Waals surface area contributed by atoms with E-state index in [4.69, 9.17) is 4.74 Å². The van der Waals surface area contributed by atoms with Crippen molar-refractivity contribution in [2.75, 3.05) is 13.7 Å². The zero-order valence-corrected chi connectivity index (χ0v) is 20.0. The lowest BCUT2D eigenvalue weighted by Crippen LogP contribution is -2.46. The van der Waals surface area contributed by atoms with Gasteiger partial charge in [-0.2, -0.15) is 0 Å². The van der Waals surface area contributed by atoms with Crippen molar-refractivity contribution in [3.63, 3.8) is 0 Å². The molecule has 0 aliphatic heterocycles. The fourth-order valence-corrected chi connectivity index (χ4v) is 4.12. The van der Waals surface area contributed by atoms with E-state index in [0.29, 0.717) is 0 Å². The number of carbonyl (C=O) groups is 4. The fourth-order valence-electron chi connectivity index (χ4n) is 4.12. The van der Waals surface area contributed by atoms with Gasteiger partial charge in [0.05, 0.1) is 13.5 Å². The Morgan fingerprint density at radius 3 is 2.11 bits per heavy atom. The summed E-state index contributed by atoms with van der Waals surface area (Å²) in [4.78, 5) is 47.4. The molecule has 0 spiro atoms. The molecule has 0 bridgehead atoms. The van der Waals surface area contributed by atoms with Gasteiger partial charge in [0.2, 0.25) is 5.91 Å². The quantitative estimate of drug-likeness (QED) is 0.443. The number of ether oxygens (including phenoxy) is 2. The number of hydrogen-bond acceptors (Lipinski definition) is 6. The van der Waals surface area contributed by atoms with Crippen molar-refractivity contribution in [1.82, 2.24) is 10.6 Å². The summed E-state index contributed by atoms with van der Waals surface area (Å²) in [6.07, 6.45) is -0.903. The molecule has 9 heteroatoms. The van der Waals surface area contributed by atoms with Crippen LogP contribution in [0.15, 0.2) is 48.5 Å². The van der Waals surface area contributed by atoms with Crippen LogP contribution in [0.3, 0.4) is 0 Å². The van der Waals surface area contributed by atoms with Gasteiger partial charge in [0, 0.05) is 17.9 Å². The summed E-state index contributed by atoms with van der Waals surface area (Å²) < 4.78 is 10.0. The molecule has 0 aromatic heterocycles. The van der Waals surface area contributed by atoms with Crippen LogP contribution in [0, 0.1) is 0 Å². The molecule has 2 amide bonds. The highest BCUT2D eigenvalue weighted by Crippen LogP contribution is 2.44. The molecule has 0 unspecified atom stereocenters. The number of alkyl carbamates (subject to hydrolysis) is 1. The van der Waals surface area contributed by atoms with Crippen LogP contribution < -0.4 is 10.6 Å². The first kappa shape index (κ1) is 25.7. The fraction of sp³-hybridized carbons (Fsp3) is 0.385. The van der Waals surface area contributed by atoms with Gasteiger partial charge in [-0.05, 0) is 42.5 Å². The second-order valence-corrected chi connectivity index (χ2v) is 9.07. The van der Waals surface area contributed by atoms with Gasteiger partial charge < -0.3 is 25.2 Å². The third-order valence-corrected chi connectivity index (χ3v) is 5.99. The van der Waals surface area contributed by atoms with Gasteiger partial charge in [-0.25, -0.2) is 9.59 Å². The zero-order chi connectivity index (χ0) is 25.6. The van der Waals surface area contributed by atoms with Gasteiger partial charge in [-0.1, -0.05) is 48.5 Å². The summed E-state index contributed by atoms with van der Waals surface area (Å²) in [6.45, 7) is 3.65. The number of carbonyl (C=O) groups excluding carboxylic acids is 3. The van der Waals surface area contributed by atoms with E-state index in [9.17, 15) is 24.3 Å². The molecule has 1 aliphatic rings.